The molecule has 15 heavy (non-hydrogen) atoms. The predicted molar refractivity (Wildman–Crippen MR) is 56.4 cm³/mol. The Hall–Kier alpha value is -1.61. The first kappa shape index (κ1) is 9.93. The highest BCUT2D eigenvalue weighted by Crippen LogP contribution is 2.11. The summed E-state index contributed by atoms with van der Waals surface area (Å²) in [6, 6.07) is 8.23. The molecule has 0 atom stereocenters. The number of aliphatic hydroxyl groups is 1. The number of rotatable bonds is 3. The minimum absolute atomic E-state index is 0.0963. The van der Waals surface area contributed by atoms with Crippen molar-refractivity contribution < 1.29 is 9.52 Å². The Labute approximate surface area is 88.4 Å². The van der Waals surface area contributed by atoms with Crippen LogP contribution in [0, 0.1) is 6.92 Å². The number of nitrogens with zero attached hydrogens (tertiary/aromatic N) is 1. The molecular weight excluding hydrogens is 190 g/mol. The van der Waals surface area contributed by atoms with E-state index in [0.717, 1.165) is 5.56 Å². The smallest absolute Gasteiger partial charge is 0.198 e. The van der Waals surface area contributed by atoms with Crippen LogP contribution < -0.4 is 0 Å². The summed E-state index contributed by atoms with van der Waals surface area (Å²) < 4.78 is 5.31. The Morgan fingerprint density at radius 3 is 2.60 bits per heavy atom. The second kappa shape index (κ2) is 4.28. The van der Waals surface area contributed by atoms with Gasteiger partial charge >= 0.3 is 0 Å². The number of benzene rings is 1. The molecule has 78 valence electrons. The van der Waals surface area contributed by atoms with E-state index in [9.17, 15) is 0 Å². The van der Waals surface area contributed by atoms with Crippen LogP contribution in [0.25, 0.3) is 0 Å². The van der Waals surface area contributed by atoms with Crippen molar-refractivity contribution in [1.29, 1.82) is 0 Å². The molecule has 1 aromatic heterocycles. The molecule has 0 bridgehead atoms. The minimum atomic E-state index is -0.0963. The first-order valence-corrected chi connectivity index (χ1v) is 4.88. The second-order valence-corrected chi connectivity index (χ2v) is 3.54. The molecule has 0 saturated heterocycles. The van der Waals surface area contributed by atoms with Crippen LogP contribution in [-0.2, 0) is 13.0 Å². The van der Waals surface area contributed by atoms with Gasteiger partial charge in [0.25, 0.3) is 0 Å². The molecule has 0 aliphatic heterocycles. The van der Waals surface area contributed by atoms with Crippen molar-refractivity contribution in [3.05, 3.63) is 53.2 Å². The van der Waals surface area contributed by atoms with Gasteiger partial charge in [-0.15, -0.1) is 0 Å². The number of hydrogen-bond acceptors (Lipinski definition) is 3. The first-order valence-electron chi connectivity index (χ1n) is 4.88. The molecule has 0 unspecified atom stereocenters. The molecule has 3 heteroatoms. The molecule has 3 nitrogen and oxygen atoms in total. The number of hydrogen-bond donors (Lipinski definition) is 1. The van der Waals surface area contributed by atoms with E-state index in [1.54, 1.807) is 6.20 Å². The highest BCUT2D eigenvalue weighted by Gasteiger charge is 2.03. The lowest BCUT2D eigenvalue weighted by Gasteiger charge is -1.97. The third kappa shape index (κ3) is 2.44. The van der Waals surface area contributed by atoms with Gasteiger partial charge in [0.15, 0.2) is 5.89 Å². The third-order valence-corrected chi connectivity index (χ3v) is 2.23. The SMILES string of the molecule is Cc1ccc(Cc2ncc(CO)o2)cc1. The van der Waals surface area contributed by atoms with Crippen molar-refractivity contribution in [1.82, 2.24) is 4.98 Å². The lowest BCUT2D eigenvalue weighted by Crippen LogP contribution is -1.87. The van der Waals surface area contributed by atoms with Gasteiger partial charge in [0.1, 0.15) is 12.4 Å². The molecule has 0 fully saturated rings. The fourth-order valence-corrected chi connectivity index (χ4v) is 1.38. The molecule has 0 spiro atoms. The van der Waals surface area contributed by atoms with E-state index in [1.165, 1.54) is 5.56 Å². The highest BCUT2D eigenvalue weighted by atomic mass is 16.4. The normalized spacial score (nSPS) is 10.5. The Kier molecular flexibility index (Phi) is 2.83. The number of aryl methyl sites for hydroxylation is 1. The molecule has 2 aromatic rings. The van der Waals surface area contributed by atoms with Crippen LogP contribution in [0.4, 0.5) is 0 Å². The third-order valence-electron chi connectivity index (χ3n) is 2.23. The molecule has 2 rings (SSSR count). The monoisotopic (exact) mass is 203 g/mol. The molecule has 0 radical (unpaired) electrons. The lowest BCUT2D eigenvalue weighted by molar-refractivity contribution is 0.244. The lowest BCUT2D eigenvalue weighted by atomic mass is 10.1. The zero-order valence-electron chi connectivity index (χ0n) is 8.60. The molecule has 1 aromatic carbocycles. The Morgan fingerprint density at radius 2 is 2.00 bits per heavy atom. The average Bonchev–Trinajstić information content (AvgIpc) is 2.69. The minimum Gasteiger partial charge on any atom is -0.443 e. The molecule has 0 amide bonds. The zero-order valence-corrected chi connectivity index (χ0v) is 8.60. The second-order valence-electron chi connectivity index (χ2n) is 3.54. The van der Waals surface area contributed by atoms with Crippen molar-refractivity contribution in [2.24, 2.45) is 0 Å². The van der Waals surface area contributed by atoms with Crippen LogP contribution in [-0.4, -0.2) is 10.1 Å². The molecule has 1 heterocycles. The van der Waals surface area contributed by atoms with Gasteiger partial charge in [-0.2, -0.15) is 0 Å². The van der Waals surface area contributed by atoms with Crippen LogP contribution in [0.15, 0.2) is 34.9 Å². The first-order chi connectivity index (χ1) is 7.28. The van der Waals surface area contributed by atoms with Gasteiger partial charge in [-0.1, -0.05) is 29.8 Å². The summed E-state index contributed by atoms with van der Waals surface area (Å²) >= 11 is 0. The van der Waals surface area contributed by atoms with Gasteiger partial charge < -0.3 is 9.52 Å². The number of aromatic nitrogens is 1. The van der Waals surface area contributed by atoms with E-state index in [-0.39, 0.29) is 6.61 Å². The van der Waals surface area contributed by atoms with Crippen LogP contribution in [0.5, 0.6) is 0 Å². The predicted octanol–water partition coefficient (Wildman–Crippen LogP) is 2.07. The van der Waals surface area contributed by atoms with Gasteiger partial charge in [0, 0.05) is 6.42 Å². The van der Waals surface area contributed by atoms with Crippen LogP contribution in [0.2, 0.25) is 0 Å². The van der Waals surface area contributed by atoms with Gasteiger partial charge in [-0.05, 0) is 12.5 Å². The van der Waals surface area contributed by atoms with Gasteiger partial charge in [-0.3, -0.25) is 0 Å². The number of aliphatic hydroxyl groups excluding tert-OH is 1. The van der Waals surface area contributed by atoms with Crippen molar-refractivity contribution in [3.63, 3.8) is 0 Å². The summed E-state index contributed by atoms with van der Waals surface area (Å²) in [6.07, 6.45) is 2.23. The van der Waals surface area contributed by atoms with Gasteiger partial charge in [-0.25, -0.2) is 4.98 Å². The molecule has 1 N–H and O–H groups in total. The standard InChI is InChI=1S/C12H13NO2/c1-9-2-4-10(5-3-9)6-12-13-7-11(8-14)15-12/h2-5,7,14H,6,8H2,1H3. The number of oxazole rings is 1. The Morgan fingerprint density at radius 1 is 1.27 bits per heavy atom. The van der Waals surface area contributed by atoms with E-state index in [1.807, 2.05) is 0 Å². The fourth-order valence-electron chi connectivity index (χ4n) is 1.38. The largest absolute Gasteiger partial charge is 0.443 e. The quantitative estimate of drug-likeness (QED) is 0.830. The van der Waals surface area contributed by atoms with Crippen LogP contribution in [0.3, 0.4) is 0 Å². The van der Waals surface area contributed by atoms with E-state index in [0.29, 0.717) is 18.1 Å². The van der Waals surface area contributed by atoms with E-state index < -0.39 is 0 Å². The topological polar surface area (TPSA) is 46.3 Å². The van der Waals surface area contributed by atoms with E-state index in [2.05, 4.69) is 36.2 Å². The van der Waals surface area contributed by atoms with Crippen LogP contribution >= 0.6 is 0 Å². The van der Waals surface area contributed by atoms with Crippen molar-refractivity contribution >= 4 is 0 Å². The molecule has 0 aliphatic rings. The summed E-state index contributed by atoms with van der Waals surface area (Å²) in [6.45, 7) is 1.96. The van der Waals surface area contributed by atoms with Crippen molar-refractivity contribution in [2.45, 2.75) is 20.0 Å². The maximum Gasteiger partial charge on any atom is 0.198 e. The van der Waals surface area contributed by atoms with Gasteiger partial charge in [0.2, 0.25) is 0 Å². The maximum atomic E-state index is 8.82. The van der Waals surface area contributed by atoms with Crippen molar-refractivity contribution in [2.75, 3.05) is 0 Å². The maximum absolute atomic E-state index is 8.82. The summed E-state index contributed by atoms with van der Waals surface area (Å²) in [5.74, 6) is 1.15. The van der Waals surface area contributed by atoms with Crippen molar-refractivity contribution in [3.8, 4) is 0 Å². The summed E-state index contributed by atoms with van der Waals surface area (Å²) in [5.41, 5.74) is 2.40. The Bertz CT molecular complexity index is 431. The summed E-state index contributed by atoms with van der Waals surface area (Å²) in [4.78, 5) is 4.08. The van der Waals surface area contributed by atoms with Crippen LogP contribution in [0.1, 0.15) is 22.8 Å². The molecular formula is C12H13NO2. The molecule has 0 aliphatic carbocycles. The zero-order chi connectivity index (χ0) is 10.7. The summed E-state index contributed by atoms with van der Waals surface area (Å²) in [5, 5.41) is 8.82. The fraction of sp³-hybridized carbons (Fsp3) is 0.250. The summed E-state index contributed by atoms with van der Waals surface area (Å²) in [7, 11) is 0. The van der Waals surface area contributed by atoms with E-state index >= 15 is 0 Å². The molecule has 0 saturated carbocycles. The van der Waals surface area contributed by atoms with E-state index in [4.69, 9.17) is 9.52 Å². The van der Waals surface area contributed by atoms with Gasteiger partial charge in [0.05, 0.1) is 6.20 Å². The average molecular weight is 203 g/mol. The Balaban J connectivity index is 2.11. The highest BCUT2D eigenvalue weighted by molar-refractivity contribution is 5.23.